The first kappa shape index (κ1) is 14.4. The van der Waals surface area contributed by atoms with E-state index in [0.29, 0.717) is 12.2 Å². The average Bonchev–Trinajstić information content (AvgIpc) is 2.62. The molecule has 19 heavy (non-hydrogen) atoms. The molecule has 2 rings (SSSR count). The van der Waals surface area contributed by atoms with Crippen LogP contribution in [0.25, 0.3) is 0 Å². The van der Waals surface area contributed by atoms with E-state index < -0.39 is 11.9 Å². The number of hydrogen-bond acceptors (Lipinski definition) is 4. The molecule has 2 aliphatic carbocycles. The summed E-state index contributed by atoms with van der Waals surface area (Å²) < 4.78 is 0. The first-order chi connectivity index (χ1) is 9.09. The first-order valence-electron chi connectivity index (χ1n) is 5.61. The minimum Gasteiger partial charge on any atom is -0.545 e. The number of aliphatic carboxylic acids is 2. The van der Waals surface area contributed by atoms with Crippen LogP contribution in [0.3, 0.4) is 0 Å². The Morgan fingerprint density at radius 3 is 2.26 bits per heavy atom. The molecule has 0 aromatic heterocycles. The monoisotopic (exact) mass is 256 g/mol. The summed E-state index contributed by atoms with van der Waals surface area (Å²) in [5.41, 5.74) is 2.76. The Morgan fingerprint density at radius 1 is 0.947 bits per heavy atom. The van der Waals surface area contributed by atoms with Crippen molar-refractivity contribution in [2.75, 3.05) is 0 Å². The molecular formula is C15H12O4-2. The summed E-state index contributed by atoms with van der Waals surface area (Å²) in [4.78, 5) is 18.8. The highest BCUT2D eigenvalue weighted by Crippen LogP contribution is 2.21. The molecule has 0 atom stereocenters. The molecule has 4 heteroatoms. The molecule has 0 unspecified atom stereocenters. The Hall–Kier alpha value is -2.62. The Kier molecular flexibility index (Phi) is 5.82. The largest absolute Gasteiger partial charge is 0.545 e. The minimum absolute atomic E-state index is 0.384. The Balaban J connectivity index is 0.000000203. The lowest BCUT2D eigenvalue weighted by molar-refractivity contribution is -0.301. The fraction of sp³-hybridized carbons (Fsp3) is 0.0667. The number of fused-ring (bicyclic) bond motifs is 1. The van der Waals surface area contributed by atoms with Gasteiger partial charge in [0.1, 0.15) is 0 Å². The molecule has 0 aromatic rings. The van der Waals surface area contributed by atoms with E-state index in [1.165, 1.54) is 11.1 Å². The Morgan fingerprint density at radius 2 is 1.63 bits per heavy atom. The molecule has 0 radical (unpaired) electrons. The lowest BCUT2D eigenvalue weighted by Gasteiger charge is -2.07. The van der Waals surface area contributed by atoms with E-state index >= 15 is 0 Å². The third-order valence-electron chi connectivity index (χ3n) is 2.27. The fourth-order valence-corrected chi connectivity index (χ4v) is 1.45. The smallest absolute Gasteiger partial charge is 0.0643 e. The van der Waals surface area contributed by atoms with Crippen LogP contribution < -0.4 is 10.2 Å². The molecule has 0 N–H and O–H groups in total. The van der Waals surface area contributed by atoms with Crippen LogP contribution in [-0.2, 0) is 9.59 Å². The molecule has 0 bridgehead atoms. The normalized spacial score (nSPS) is 15.8. The average molecular weight is 256 g/mol. The minimum atomic E-state index is -1.55. The maximum atomic E-state index is 9.41. The Labute approximate surface area is 111 Å². The number of hydrogen-bond donors (Lipinski definition) is 0. The van der Waals surface area contributed by atoms with Crippen molar-refractivity contribution >= 4 is 11.9 Å². The summed E-state index contributed by atoms with van der Waals surface area (Å²) in [6.07, 6.45) is 18.8. The van der Waals surface area contributed by atoms with Gasteiger partial charge < -0.3 is 19.8 Å². The van der Waals surface area contributed by atoms with Gasteiger partial charge in [-0.1, -0.05) is 48.6 Å². The zero-order chi connectivity index (χ0) is 14.1. The topological polar surface area (TPSA) is 80.3 Å². The van der Waals surface area contributed by atoms with Crippen LogP contribution in [0.15, 0.2) is 71.9 Å². The predicted molar refractivity (Wildman–Crippen MR) is 67.4 cm³/mol. The number of carboxylic acid groups (broad SMARTS) is 2. The second-order valence-electron chi connectivity index (χ2n) is 3.66. The molecule has 98 valence electrons. The van der Waals surface area contributed by atoms with Gasteiger partial charge in [-0.3, -0.25) is 0 Å². The van der Waals surface area contributed by atoms with Gasteiger partial charge in [0, 0.05) is 0 Å². The lowest BCUT2D eigenvalue weighted by Crippen LogP contribution is -2.23. The fourth-order valence-electron chi connectivity index (χ4n) is 1.45. The SMILES string of the molecule is C1=CC=C2CC=CC=C2C=C1.O=C([O-])/C=C/C(=O)[O-]. The molecule has 0 aliphatic heterocycles. The van der Waals surface area contributed by atoms with Crippen LogP contribution in [0.5, 0.6) is 0 Å². The van der Waals surface area contributed by atoms with Crippen molar-refractivity contribution in [1.29, 1.82) is 0 Å². The zero-order valence-corrected chi connectivity index (χ0v) is 10.1. The van der Waals surface area contributed by atoms with E-state index in [2.05, 4.69) is 48.6 Å². The summed E-state index contributed by atoms with van der Waals surface area (Å²) in [7, 11) is 0. The molecule has 0 amide bonds. The highest BCUT2D eigenvalue weighted by Gasteiger charge is 2.02. The predicted octanol–water partition coefficient (Wildman–Crippen LogP) is -0.0325. The van der Waals surface area contributed by atoms with Crippen LogP contribution in [0.2, 0.25) is 0 Å². The summed E-state index contributed by atoms with van der Waals surface area (Å²) in [6, 6.07) is 0. The number of carbonyl (C=O) groups excluding carboxylic acids is 2. The van der Waals surface area contributed by atoms with E-state index in [1.807, 2.05) is 0 Å². The number of carbonyl (C=O) groups is 2. The molecule has 0 fully saturated rings. The summed E-state index contributed by atoms with van der Waals surface area (Å²) in [6.45, 7) is 0. The van der Waals surface area contributed by atoms with Crippen molar-refractivity contribution in [2.45, 2.75) is 6.42 Å². The summed E-state index contributed by atoms with van der Waals surface area (Å²) in [5.74, 6) is -3.09. The third-order valence-corrected chi connectivity index (χ3v) is 2.27. The van der Waals surface area contributed by atoms with E-state index in [-0.39, 0.29) is 0 Å². The molecule has 0 heterocycles. The molecule has 2 aliphatic rings. The molecule has 0 spiro atoms. The van der Waals surface area contributed by atoms with Crippen LogP contribution in [0.4, 0.5) is 0 Å². The first-order valence-corrected chi connectivity index (χ1v) is 5.61. The van der Waals surface area contributed by atoms with Gasteiger partial charge in [0.05, 0.1) is 11.9 Å². The van der Waals surface area contributed by atoms with Crippen LogP contribution in [-0.4, -0.2) is 11.9 Å². The van der Waals surface area contributed by atoms with Crippen molar-refractivity contribution in [3.05, 3.63) is 71.9 Å². The Bertz CT molecular complexity index is 512. The lowest BCUT2D eigenvalue weighted by atomic mass is 9.98. The molecule has 4 nitrogen and oxygen atoms in total. The van der Waals surface area contributed by atoms with Gasteiger partial charge in [0.15, 0.2) is 0 Å². The van der Waals surface area contributed by atoms with Crippen LogP contribution in [0, 0.1) is 0 Å². The van der Waals surface area contributed by atoms with Crippen LogP contribution in [0.1, 0.15) is 6.42 Å². The maximum Gasteiger partial charge on any atom is 0.0643 e. The van der Waals surface area contributed by atoms with E-state index in [4.69, 9.17) is 0 Å². The standard InChI is InChI=1S/C11H10.C4H4O4/c1-2-6-10-8-4-5-9-11(10)7-3-1;5-3(6)1-2-4(7)8/h1-8H,9H2;1-2H,(H,5,6)(H,7,8)/p-2/b;2-1+. The number of rotatable bonds is 2. The van der Waals surface area contributed by atoms with Crippen molar-refractivity contribution in [3.8, 4) is 0 Å². The van der Waals surface area contributed by atoms with E-state index in [0.717, 1.165) is 6.42 Å². The van der Waals surface area contributed by atoms with Gasteiger partial charge in [0.25, 0.3) is 0 Å². The maximum absolute atomic E-state index is 9.41. The van der Waals surface area contributed by atoms with Crippen molar-refractivity contribution in [3.63, 3.8) is 0 Å². The van der Waals surface area contributed by atoms with E-state index in [9.17, 15) is 19.8 Å². The van der Waals surface area contributed by atoms with Gasteiger partial charge in [-0.25, -0.2) is 0 Å². The highest BCUT2D eigenvalue weighted by molar-refractivity contribution is 5.87. The van der Waals surface area contributed by atoms with Gasteiger partial charge in [-0.15, -0.1) is 0 Å². The quantitative estimate of drug-likeness (QED) is 0.650. The van der Waals surface area contributed by atoms with E-state index in [1.54, 1.807) is 0 Å². The van der Waals surface area contributed by atoms with Crippen molar-refractivity contribution in [2.24, 2.45) is 0 Å². The molecular weight excluding hydrogens is 244 g/mol. The van der Waals surface area contributed by atoms with Crippen molar-refractivity contribution in [1.82, 2.24) is 0 Å². The second-order valence-corrected chi connectivity index (χ2v) is 3.66. The number of carboxylic acids is 2. The highest BCUT2D eigenvalue weighted by atomic mass is 16.4. The second kappa shape index (κ2) is 7.66. The summed E-state index contributed by atoms with van der Waals surface area (Å²) >= 11 is 0. The molecule has 0 saturated carbocycles. The zero-order valence-electron chi connectivity index (χ0n) is 10.1. The van der Waals surface area contributed by atoms with Gasteiger partial charge in [-0.2, -0.15) is 0 Å². The van der Waals surface area contributed by atoms with Gasteiger partial charge in [-0.05, 0) is 29.7 Å². The number of allylic oxidation sites excluding steroid dienone is 10. The van der Waals surface area contributed by atoms with Crippen molar-refractivity contribution < 1.29 is 19.8 Å². The summed E-state index contributed by atoms with van der Waals surface area (Å²) in [5, 5.41) is 18.8. The van der Waals surface area contributed by atoms with Gasteiger partial charge in [0.2, 0.25) is 0 Å². The van der Waals surface area contributed by atoms with Gasteiger partial charge >= 0.3 is 0 Å². The molecule has 0 aromatic carbocycles. The molecule has 0 saturated heterocycles. The third kappa shape index (κ3) is 6.02. The van der Waals surface area contributed by atoms with Crippen LogP contribution >= 0.6 is 0 Å².